The molecule has 3 heterocycles. The molecule has 2 aliphatic heterocycles. The zero-order valence-corrected chi connectivity index (χ0v) is 14.8. The minimum atomic E-state index is -1.09. The quantitative estimate of drug-likeness (QED) is 0.471. The Bertz CT molecular complexity index is 846. The van der Waals surface area contributed by atoms with Crippen molar-refractivity contribution in [2.75, 3.05) is 19.7 Å². The normalized spacial score (nSPS) is 16.0. The summed E-state index contributed by atoms with van der Waals surface area (Å²) in [4.78, 5) is 65.4. The Morgan fingerprint density at radius 3 is 1.66 bits per heavy atom. The van der Waals surface area contributed by atoms with Gasteiger partial charge >= 0.3 is 5.97 Å². The van der Waals surface area contributed by atoms with Crippen LogP contribution in [0.4, 0.5) is 0 Å². The van der Waals surface area contributed by atoms with Gasteiger partial charge in [0, 0.05) is 36.4 Å². The molecule has 12 nitrogen and oxygen atoms in total. The number of aromatic nitrogens is 1. The Kier molecular flexibility index (Phi) is 5.45. The molecule has 2 aliphatic rings. The molecular formula is C17H15N3O9. The summed E-state index contributed by atoms with van der Waals surface area (Å²) in [6, 6.07) is 2.17. The van der Waals surface area contributed by atoms with Gasteiger partial charge in [0.15, 0.2) is 0 Å². The first-order valence-corrected chi connectivity index (χ1v) is 8.26. The largest absolute Gasteiger partial charge is 0.492 e. The van der Waals surface area contributed by atoms with Crippen molar-refractivity contribution in [3.05, 3.63) is 36.4 Å². The van der Waals surface area contributed by atoms with Gasteiger partial charge in [0.25, 0.3) is 23.6 Å². The molecule has 0 saturated heterocycles. The number of amides is 4. The van der Waals surface area contributed by atoms with E-state index in [0.29, 0.717) is 4.73 Å². The van der Waals surface area contributed by atoms with E-state index >= 15 is 0 Å². The molecule has 0 radical (unpaired) electrons. The van der Waals surface area contributed by atoms with Crippen molar-refractivity contribution >= 4 is 29.6 Å². The number of carbonyl (C=O) groups is 5. The Hall–Kier alpha value is -3.93. The molecule has 152 valence electrons. The van der Waals surface area contributed by atoms with Crippen molar-refractivity contribution in [3.8, 4) is 11.8 Å². The third-order valence-corrected chi connectivity index (χ3v) is 4.00. The van der Waals surface area contributed by atoms with Crippen LogP contribution in [0.15, 0.2) is 36.4 Å². The van der Waals surface area contributed by atoms with Crippen molar-refractivity contribution in [1.82, 2.24) is 14.5 Å². The van der Waals surface area contributed by atoms with Crippen LogP contribution in [0, 0.1) is 0 Å². The summed E-state index contributed by atoms with van der Waals surface area (Å²) in [5.74, 6) is -4.53. The van der Waals surface area contributed by atoms with Crippen molar-refractivity contribution < 1.29 is 43.8 Å². The highest BCUT2D eigenvalue weighted by Gasteiger charge is 2.32. The molecule has 29 heavy (non-hydrogen) atoms. The summed E-state index contributed by atoms with van der Waals surface area (Å²) >= 11 is 0. The molecule has 0 aliphatic carbocycles. The molecule has 2 N–H and O–H groups in total. The highest BCUT2D eigenvalue weighted by atomic mass is 16.7. The average molecular weight is 405 g/mol. The second-order valence-electron chi connectivity index (χ2n) is 5.98. The van der Waals surface area contributed by atoms with Crippen LogP contribution in [-0.2, 0) is 28.7 Å². The van der Waals surface area contributed by atoms with E-state index in [1.165, 1.54) is 0 Å². The SMILES string of the molecule is O=C(COC(CN1C(=O)C=CC1=O)CN1C(=O)C=CC1=O)On1c(O)ccc1O. The van der Waals surface area contributed by atoms with Crippen LogP contribution < -0.4 is 4.84 Å². The third-order valence-electron chi connectivity index (χ3n) is 4.00. The molecule has 0 aromatic carbocycles. The molecule has 4 amide bonds. The zero-order chi connectivity index (χ0) is 21.1. The maximum absolute atomic E-state index is 11.9. The van der Waals surface area contributed by atoms with E-state index in [1.54, 1.807) is 0 Å². The minimum Gasteiger partial charge on any atom is -0.492 e. The van der Waals surface area contributed by atoms with Crippen LogP contribution in [0.25, 0.3) is 0 Å². The Balaban J connectivity index is 1.65. The Morgan fingerprint density at radius 1 is 0.828 bits per heavy atom. The molecule has 12 heteroatoms. The van der Waals surface area contributed by atoms with E-state index < -0.39 is 54.1 Å². The molecule has 0 bridgehead atoms. The van der Waals surface area contributed by atoms with Gasteiger partial charge in [0.2, 0.25) is 11.8 Å². The molecule has 1 aromatic heterocycles. The predicted molar refractivity (Wildman–Crippen MR) is 90.8 cm³/mol. The smallest absolute Gasteiger partial charge is 0.358 e. The van der Waals surface area contributed by atoms with Gasteiger partial charge in [-0.05, 0) is 0 Å². The maximum atomic E-state index is 11.9. The molecule has 0 spiro atoms. The highest BCUT2D eigenvalue weighted by molar-refractivity contribution is 6.13. The fraction of sp³-hybridized carbons (Fsp3) is 0.235. The van der Waals surface area contributed by atoms with Gasteiger partial charge < -0.3 is 19.8 Å². The van der Waals surface area contributed by atoms with E-state index in [2.05, 4.69) is 0 Å². The van der Waals surface area contributed by atoms with Crippen molar-refractivity contribution in [2.45, 2.75) is 6.10 Å². The lowest BCUT2D eigenvalue weighted by Gasteiger charge is -2.26. The number of imide groups is 2. The molecule has 3 rings (SSSR count). The van der Waals surface area contributed by atoms with Gasteiger partial charge in [-0.3, -0.25) is 29.0 Å². The lowest BCUT2D eigenvalue weighted by Crippen LogP contribution is -2.46. The number of nitrogens with zero attached hydrogens (tertiary/aromatic N) is 3. The summed E-state index contributed by atoms with van der Waals surface area (Å²) in [6.07, 6.45) is 3.13. The van der Waals surface area contributed by atoms with Gasteiger partial charge in [0.1, 0.15) is 6.61 Å². The molecular weight excluding hydrogens is 390 g/mol. The third kappa shape index (κ3) is 4.32. The summed E-state index contributed by atoms with van der Waals surface area (Å²) in [7, 11) is 0. The summed E-state index contributed by atoms with van der Waals surface area (Å²) in [6.45, 7) is -1.38. The molecule has 1 aromatic rings. The van der Waals surface area contributed by atoms with Crippen LogP contribution in [0.2, 0.25) is 0 Å². The second-order valence-corrected chi connectivity index (χ2v) is 5.98. The summed E-state index contributed by atoms with van der Waals surface area (Å²) < 4.78 is 5.80. The van der Waals surface area contributed by atoms with Gasteiger partial charge in [-0.1, -0.05) is 0 Å². The summed E-state index contributed by atoms with van der Waals surface area (Å²) in [5.41, 5.74) is 0. The van der Waals surface area contributed by atoms with Crippen molar-refractivity contribution in [3.63, 3.8) is 0 Å². The van der Waals surface area contributed by atoms with E-state index in [4.69, 9.17) is 9.57 Å². The van der Waals surface area contributed by atoms with E-state index in [0.717, 1.165) is 46.2 Å². The van der Waals surface area contributed by atoms with Crippen LogP contribution in [0.1, 0.15) is 0 Å². The second kappa shape index (κ2) is 7.98. The number of ether oxygens (including phenoxy) is 1. The average Bonchev–Trinajstić information content (AvgIpc) is 3.28. The number of aromatic hydroxyl groups is 2. The fourth-order valence-electron chi connectivity index (χ4n) is 2.60. The number of carbonyl (C=O) groups excluding carboxylic acids is 5. The van der Waals surface area contributed by atoms with Crippen molar-refractivity contribution in [2.24, 2.45) is 0 Å². The first-order chi connectivity index (χ1) is 13.8. The summed E-state index contributed by atoms with van der Waals surface area (Å²) in [5, 5.41) is 18.9. The van der Waals surface area contributed by atoms with Gasteiger partial charge in [-0.25, -0.2) is 4.79 Å². The van der Waals surface area contributed by atoms with Crippen LogP contribution in [0.5, 0.6) is 11.8 Å². The predicted octanol–water partition coefficient (Wildman–Crippen LogP) is -1.91. The standard InChI is InChI=1S/C17H15N3O9/c21-11-1-2-12(22)18(11)7-10(8-19-13(23)3-4-14(19)24)28-9-17(27)29-20-15(25)5-6-16(20)26/h1-6,10,25-26H,7-9H2. The highest BCUT2D eigenvalue weighted by Crippen LogP contribution is 2.18. The lowest BCUT2D eigenvalue weighted by atomic mass is 10.3. The van der Waals surface area contributed by atoms with Crippen LogP contribution >= 0.6 is 0 Å². The van der Waals surface area contributed by atoms with Crippen LogP contribution in [0.3, 0.4) is 0 Å². The lowest BCUT2D eigenvalue weighted by molar-refractivity contribution is -0.154. The zero-order valence-electron chi connectivity index (χ0n) is 14.8. The van der Waals surface area contributed by atoms with Crippen molar-refractivity contribution in [1.29, 1.82) is 0 Å². The van der Waals surface area contributed by atoms with Gasteiger partial charge in [-0.2, -0.15) is 0 Å². The Labute approximate surface area is 162 Å². The first kappa shape index (κ1) is 19.8. The monoisotopic (exact) mass is 405 g/mol. The number of rotatable bonds is 8. The Morgan fingerprint density at radius 2 is 1.24 bits per heavy atom. The molecule has 0 unspecified atom stereocenters. The van der Waals surface area contributed by atoms with Gasteiger partial charge in [-0.15, -0.1) is 4.73 Å². The fourth-order valence-corrected chi connectivity index (χ4v) is 2.60. The first-order valence-electron chi connectivity index (χ1n) is 8.26. The topological polar surface area (TPSA) is 156 Å². The number of hydrogen-bond donors (Lipinski definition) is 2. The maximum Gasteiger partial charge on any atom is 0.358 e. The van der Waals surface area contributed by atoms with E-state index in [9.17, 15) is 34.2 Å². The van der Waals surface area contributed by atoms with Gasteiger partial charge in [0.05, 0.1) is 19.2 Å². The molecule has 0 saturated carbocycles. The van der Waals surface area contributed by atoms with E-state index in [1.807, 2.05) is 0 Å². The van der Waals surface area contributed by atoms with E-state index in [-0.39, 0.29) is 13.1 Å². The van der Waals surface area contributed by atoms with Crippen LogP contribution in [-0.4, -0.2) is 80.1 Å². The number of hydrogen-bond acceptors (Lipinski definition) is 9. The minimum absolute atomic E-state index is 0.324. The molecule has 0 atom stereocenters. The molecule has 0 fully saturated rings.